The third-order valence-electron chi connectivity index (χ3n) is 3.92. The number of anilines is 1. The molecule has 1 aliphatic rings. The second-order valence-corrected chi connectivity index (χ2v) is 5.84. The van der Waals surface area contributed by atoms with E-state index in [1.54, 1.807) is 12.3 Å². The van der Waals surface area contributed by atoms with Crippen LogP contribution >= 0.6 is 0 Å². The van der Waals surface area contributed by atoms with Gasteiger partial charge in [-0.25, -0.2) is 0 Å². The van der Waals surface area contributed by atoms with Crippen LogP contribution in [0.15, 0.2) is 67.0 Å². The molecule has 26 heavy (non-hydrogen) atoms. The molecule has 0 saturated carbocycles. The Morgan fingerprint density at radius 2 is 2.08 bits per heavy atom. The minimum absolute atomic E-state index is 0.195. The zero-order valence-corrected chi connectivity index (χ0v) is 14.0. The summed E-state index contributed by atoms with van der Waals surface area (Å²) in [5.74, 6) is 1.22. The molecule has 0 spiro atoms. The van der Waals surface area contributed by atoms with Crippen molar-refractivity contribution >= 4 is 17.7 Å². The van der Waals surface area contributed by atoms with Crippen molar-refractivity contribution in [1.82, 2.24) is 9.78 Å². The van der Waals surface area contributed by atoms with Crippen LogP contribution in [0.1, 0.15) is 11.1 Å². The lowest BCUT2D eigenvalue weighted by molar-refractivity contribution is -0.111. The number of benzene rings is 2. The zero-order chi connectivity index (χ0) is 17.8. The molecule has 0 saturated heterocycles. The van der Waals surface area contributed by atoms with E-state index in [4.69, 9.17) is 9.47 Å². The smallest absolute Gasteiger partial charge is 0.248 e. The molecule has 1 N–H and O–H groups in total. The van der Waals surface area contributed by atoms with E-state index >= 15 is 0 Å². The number of ether oxygens (including phenoxy) is 2. The lowest BCUT2D eigenvalue weighted by Gasteiger charge is -2.06. The molecule has 4 rings (SSSR count). The summed E-state index contributed by atoms with van der Waals surface area (Å²) < 4.78 is 12.4. The Kier molecular flexibility index (Phi) is 4.38. The number of amides is 1. The fraction of sp³-hybridized carbons (Fsp3) is 0.100. The van der Waals surface area contributed by atoms with Crippen molar-refractivity contribution < 1.29 is 14.3 Å². The number of rotatable bonds is 5. The van der Waals surface area contributed by atoms with Crippen LogP contribution in [-0.2, 0) is 11.3 Å². The first kappa shape index (κ1) is 16.0. The van der Waals surface area contributed by atoms with Gasteiger partial charge in [0.1, 0.15) is 0 Å². The molecule has 1 amide bonds. The highest BCUT2D eigenvalue weighted by atomic mass is 16.7. The Balaban J connectivity index is 1.40. The van der Waals surface area contributed by atoms with Crippen LogP contribution in [0, 0.1) is 0 Å². The molecule has 0 aliphatic carbocycles. The van der Waals surface area contributed by atoms with E-state index in [2.05, 4.69) is 10.4 Å². The topological polar surface area (TPSA) is 65.4 Å². The second kappa shape index (κ2) is 7.14. The van der Waals surface area contributed by atoms with E-state index < -0.39 is 0 Å². The van der Waals surface area contributed by atoms with Crippen LogP contribution in [0.3, 0.4) is 0 Å². The highest BCUT2D eigenvalue weighted by Crippen LogP contribution is 2.32. The molecular formula is C20H17N3O3. The van der Waals surface area contributed by atoms with Gasteiger partial charge in [0, 0.05) is 24.2 Å². The summed E-state index contributed by atoms with van der Waals surface area (Å²) >= 11 is 0. The second-order valence-electron chi connectivity index (χ2n) is 5.84. The summed E-state index contributed by atoms with van der Waals surface area (Å²) in [7, 11) is 0. The molecule has 6 heteroatoms. The lowest BCUT2D eigenvalue weighted by atomic mass is 10.2. The Labute approximate surface area is 150 Å². The van der Waals surface area contributed by atoms with Gasteiger partial charge in [0.2, 0.25) is 12.7 Å². The quantitative estimate of drug-likeness (QED) is 0.719. The average Bonchev–Trinajstić information content (AvgIpc) is 3.31. The maximum absolute atomic E-state index is 12.2. The van der Waals surface area contributed by atoms with Crippen LogP contribution in [0.5, 0.6) is 11.5 Å². The van der Waals surface area contributed by atoms with Crippen molar-refractivity contribution in [3.63, 3.8) is 0 Å². The molecule has 1 aliphatic heterocycles. The van der Waals surface area contributed by atoms with Gasteiger partial charge in [-0.15, -0.1) is 0 Å². The molecular weight excluding hydrogens is 330 g/mol. The molecule has 0 atom stereocenters. The first-order chi connectivity index (χ1) is 12.8. The van der Waals surface area contributed by atoms with Crippen molar-refractivity contribution in [2.45, 2.75) is 6.54 Å². The minimum atomic E-state index is -0.195. The van der Waals surface area contributed by atoms with Crippen molar-refractivity contribution in [2.24, 2.45) is 0 Å². The fourth-order valence-corrected chi connectivity index (χ4v) is 2.70. The molecule has 2 heterocycles. The molecule has 0 bridgehead atoms. The van der Waals surface area contributed by atoms with Crippen molar-refractivity contribution in [1.29, 1.82) is 0 Å². The number of nitrogens with one attached hydrogen (secondary N) is 1. The molecule has 0 fully saturated rings. The van der Waals surface area contributed by atoms with Crippen LogP contribution < -0.4 is 14.8 Å². The largest absolute Gasteiger partial charge is 0.454 e. The molecule has 0 radical (unpaired) electrons. The SMILES string of the molecule is O=C(C=Cc1ccc2c(c1)OCO2)Nc1cccc(Cn2cccn2)c1. The average molecular weight is 347 g/mol. The van der Waals surface area contributed by atoms with E-state index in [0.717, 1.165) is 22.6 Å². The van der Waals surface area contributed by atoms with Gasteiger partial charge in [-0.1, -0.05) is 18.2 Å². The Morgan fingerprint density at radius 1 is 1.15 bits per heavy atom. The third-order valence-corrected chi connectivity index (χ3v) is 3.92. The van der Waals surface area contributed by atoms with Gasteiger partial charge in [-0.05, 0) is 47.5 Å². The summed E-state index contributed by atoms with van der Waals surface area (Å²) in [5.41, 5.74) is 2.68. The number of hydrogen-bond donors (Lipinski definition) is 1. The number of fused-ring (bicyclic) bond motifs is 1. The molecule has 3 aromatic rings. The van der Waals surface area contributed by atoms with Crippen LogP contribution in [0.4, 0.5) is 5.69 Å². The van der Waals surface area contributed by atoms with E-state index in [-0.39, 0.29) is 12.7 Å². The number of aromatic nitrogens is 2. The maximum atomic E-state index is 12.2. The lowest BCUT2D eigenvalue weighted by Crippen LogP contribution is -2.08. The Morgan fingerprint density at radius 3 is 2.96 bits per heavy atom. The summed E-state index contributed by atoms with van der Waals surface area (Å²) in [4.78, 5) is 12.2. The van der Waals surface area contributed by atoms with E-state index in [1.165, 1.54) is 6.08 Å². The van der Waals surface area contributed by atoms with E-state index in [9.17, 15) is 4.79 Å². The predicted molar refractivity (Wildman–Crippen MR) is 98.0 cm³/mol. The van der Waals surface area contributed by atoms with Gasteiger partial charge in [-0.2, -0.15) is 5.10 Å². The van der Waals surface area contributed by atoms with Crippen molar-refractivity contribution in [2.75, 3.05) is 12.1 Å². The molecule has 2 aromatic carbocycles. The number of hydrogen-bond acceptors (Lipinski definition) is 4. The number of nitrogens with zero attached hydrogens (tertiary/aromatic N) is 2. The normalized spacial score (nSPS) is 12.5. The Bertz CT molecular complexity index is 949. The predicted octanol–water partition coefficient (Wildman–Crippen LogP) is 3.31. The summed E-state index contributed by atoms with van der Waals surface area (Å²) in [5, 5.41) is 7.06. The van der Waals surface area contributed by atoms with Gasteiger partial charge in [0.15, 0.2) is 11.5 Å². The summed E-state index contributed by atoms with van der Waals surface area (Å²) in [6.07, 6.45) is 6.88. The monoisotopic (exact) mass is 347 g/mol. The first-order valence-corrected chi connectivity index (χ1v) is 8.21. The summed E-state index contributed by atoms with van der Waals surface area (Å²) in [6, 6.07) is 15.1. The van der Waals surface area contributed by atoms with E-state index in [0.29, 0.717) is 12.3 Å². The standard InChI is InChI=1S/C20H17N3O3/c24-20(8-6-15-5-7-18-19(12-15)26-14-25-18)22-17-4-1-3-16(11-17)13-23-10-2-9-21-23/h1-12H,13-14H2,(H,22,24). The minimum Gasteiger partial charge on any atom is -0.454 e. The van der Waals surface area contributed by atoms with Gasteiger partial charge in [0.05, 0.1) is 6.54 Å². The first-order valence-electron chi connectivity index (χ1n) is 8.21. The number of carbonyl (C=O) groups is 1. The molecule has 130 valence electrons. The summed E-state index contributed by atoms with van der Waals surface area (Å²) in [6.45, 7) is 0.890. The van der Waals surface area contributed by atoms with Gasteiger partial charge in [-0.3, -0.25) is 9.48 Å². The molecule has 1 aromatic heterocycles. The number of carbonyl (C=O) groups excluding carboxylic acids is 1. The van der Waals surface area contributed by atoms with Gasteiger partial charge >= 0.3 is 0 Å². The van der Waals surface area contributed by atoms with Crippen LogP contribution in [0.2, 0.25) is 0 Å². The van der Waals surface area contributed by atoms with Gasteiger partial charge < -0.3 is 14.8 Å². The fourth-order valence-electron chi connectivity index (χ4n) is 2.70. The zero-order valence-electron chi connectivity index (χ0n) is 14.0. The van der Waals surface area contributed by atoms with E-state index in [1.807, 2.05) is 59.4 Å². The van der Waals surface area contributed by atoms with Crippen LogP contribution in [0.25, 0.3) is 6.08 Å². The third kappa shape index (κ3) is 3.75. The molecule has 0 unspecified atom stereocenters. The highest BCUT2D eigenvalue weighted by Gasteiger charge is 2.12. The van der Waals surface area contributed by atoms with Crippen molar-refractivity contribution in [3.8, 4) is 11.5 Å². The molecule has 6 nitrogen and oxygen atoms in total. The Hall–Kier alpha value is -3.54. The maximum Gasteiger partial charge on any atom is 0.248 e. The van der Waals surface area contributed by atoms with Gasteiger partial charge in [0.25, 0.3) is 0 Å². The van der Waals surface area contributed by atoms with Crippen molar-refractivity contribution in [3.05, 3.63) is 78.1 Å². The highest BCUT2D eigenvalue weighted by molar-refractivity contribution is 6.02. The van der Waals surface area contributed by atoms with Crippen LogP contribution in [-0.4, -0.2) is 22.5 Å².